The number of fused-ring (bicyclic) bond motifs is 1. The van der Waals surface area contributed by atoms with Crippen molar-refractivity contribution in [2.75, 3.05) is 5.73 Å². The van der Waals surface area contributed by atoms with Gasteiger partial charge in [-0.05, 0) is 40.8 Å². The Kier molecular flexibility index (Phi) is 3.80. The van der Waals surface area contributed by atoms with E-state index in [1.54, 1.807) is 22.4 Å². The zero-order valence-corrected chi connectivity index (χ0v) is 14.8. The number of aryl methyl sites for hydroxylation is 1. The first-order valence-electron chi connectivity index (χ1n) is 7.37. The Labute approximate surface area is 150 Å². The molecule has 0 aliphatic heterocycles. The summed E-state index contributed by atoms with van der Waals surface area (Å²) in [5, 5.41) is 11.6. The lowest BCUT2D eigenvalue weighted by Crippen LogP contribution is -2.09. The molecule has 2 N–H and O–H groups in total. The third-order valence-corrected chi connectivity index (χ3v) is 4.05. The Bertz CT molecular complexity index is 1060. The summed E-state index contributed by atoms with van der Waals surface area (Å²) in [6.07, 6.45) is 0. The predicted octanol–water partition coefficient (Wildman–Crippen LogP) is 1.87. The number of halogens is 1. The number of benzene rings is 1. The summed E-state index contributed by atoms with van der Waals surface area (Å²) in [7, 11) is 1.75. The summed E-state index contributed by atoms with van der Waals surface area (Å²) in [6, 6.07) is 11.5. The highest BCUT2D eigenvalue weighted by atomic mass is 79.9. The van der Waals surface area contributed by atoms with Gasteiger partial charge in [-0.3, -0.25) is 0 Å². The van der Waals surface area contributed by atoms with Crippen molar-refractivity contribution in [3.63, 3.8) is 0 Å². The lowest BCUT2D eigenvalue weighted by Gasteiger charge is -2.08. The molecule has 0 fully saturated rings. The fourth-order valence-electron chi connectivity index (χ4n) is 2.45. The van der Waals surface area contributed by atoms with E-state index in [1.807, 2.05) is 30.3 Å². The molecular weight excluding hydrogens is 388 g/mol. The molecule has 0 unspecified atom stereocenters. The highest BCUT2D eigenvalue weighted by Crippen LogP contribution is 2.27. The summed E-state index contributed by atoms with van der Waals surface area (Å²) in [5.41, 5.74) is 8.00. The molecule has 0 saturated carbocycles. The van der Waals surface area contributed by atoms with Gasteiger partial charge in [-0.15, -0.1) is 0 Å². The molecule has 4 aromatic rings. The van der Waals surface area contributed by atoms with Crippen molar-refractivity contribution < 1.29 is 4.74 Å². The molecule has 0 aliphatic carbocycles. The van der Waals surface area contributed by atoms with E-state index in [1.165, 1.54) is 0 Å². The third-order valence-electron chi connectivity index (χ3n) is 3.56. The van der Waals surface area contributed by atoms with Crippen molar-refractivity contribution in [2.24, 2.45) is 7.05 Å². The monoisotopic (exact) mass is 400 g/mol. The van der Waals surface area contributed by atoms with Crippen molar-refractivity contribution in [2.45, 2.75) is 6.61 Å². The molecule has 3 heterocycles. The second kappa shape index (κ2) is 6.13. The van der Waals surface area contributed by atoms with Crippen molar-refractivity contribution in [3.8, 4) is 12.0 Å². The van der Waals surface area contributed by atoms with Crippen LogP contribution in [0.5, 0.6) is 6.01 Å². The second-order valence-electron chi connectivity index (χ2n) is 5.31. The second-order valence-corrected chi connectivity index (χ2v) is 6.22. The zero-order valence-electron chi connectivity index (χ0n) is 13.2. The van der Waals surface area contributed by atoms with Crippen LogP contribution < -0.4 is 10.5 Å². The van der Waals surface area contributed by atoms with E-state index in [0.29, 0.717) is 23.5 Å². The van der Waals surface area contributed by atoms with Crippen LogP contribution in [0.25, 0.3) is 17.0 Å². The van der Waals surface area contributed by atoms with Crippen LogP contribution in [0.2, 0.25) is 0 Å². The number of nitrogens with zero attached hydrogens (tertiary/aromatic N) is 7. The van der Waals surface area contributed by atoms with Gasteiger partial charge in [0.2, 0.25) is 0 Å². The average molecular weight is 401 g/mol. The number of imidazole rings is 1. The van der Waals surface area contributed by atoms with E-state index in [-0.39, 0.29) is 6.61 Å². The number of aromatic nitrogens is 7. The number of hydrogen-bond acceptors (Lipinski definition) is 7. The molecule has 0 aliphatic rings. The Hall–Kier alpha value is -3.01. The minimum Gasteiger partial charge on any atom is -0.458 e. The first kappa shape index (κ1) is 15.5. The first-order chi connectivity index (χ1) is 12.1. The van der Waals surface area contributed by atoms with Crippen LogP contribution in [-0.4, -0.2) is 34.7 Å². The quantitative estimate of drug-likeness (QED) is 0.556. The molecule has 0 bridgehead atoms. The molecule has 0 atom stereocenters. The van der Waals surface area contributed by atoms with Crippen LogP contribution in [0.4, 0.5) is 5.82 Å². The Morgan fingerprint density at radius 1 is 1.20 bits per heavy atom. The van der Waals surface area contributed by atoms with Gasteiger partial charge in [-0.2, -0.15) is 4.98 Å². The first-order valence-corrected chi connectivity index (χ1v) is 8.16. The van der Waals surface area contributed by atoms with Crippen LogP contribution in [0.15, 0.2) is 40.9 Å². The molecule has 0 radical (unpaired) electrons. The maximum Gasteiger partial charge on any atom is 0.305 e. The van der Waals surface area contributed by atoms with Crippen molar-refractivity contribution in [3.05, 3.63) is 46.6 Å². The lowest BCUT2D eigenvalue weighted by molar-refractivity contribution is 0.272. The van der Waals surface area contributed by atoms with Crippen LogP contribution in [0, 0.1) is 0 Å². The number of pyridine rings is 1. The van der Waals surface area contributed by atoms with Gasteiger partial charge < -0.3 is 10.5 Å². The molecule has 4 rings (SSSR count). The molecule has 0 amide bonds. The highest BCUT2D eigenvalue weighted by molar-refractivity contribution is 9.10. The van der Waals surface area contributed by atoms with E-state index in [9.17, 15) is 0 Å². The topological polar surface area (TPSA) is 110 Å². The van der Waals surface area contributed by atoms with Gasteiger partial charge in [0.15, 0.2) is 0 Å². The maximum absolute atomic E-state index is 5.89. The zero-order chi connectivity index (χ0) is 17.4. The molecule has 10 heteroatoms. The van der Waals surface area contributed by atoms with Crippen LogP contribution >= 0.6 is 15.9 Å². The molecule has 1 aromatic carbocycles. The van der Waals surface area contributed by atoms with Gasteiger partial charge in [0.25, 0.3) is 5.95 Å². The molecule has 126 valence electrons. The average Bonchev–Trinajstić information content (AvgIpc) is 3.15. The number of hydrogen-bond donors (Lipinski definition) is 1. The van der Waals surface area contributed by atoms with Crippen molar-refractivity contribution in [1.29, 1.82) is 0 Å². The predicted molar refractivity (Wildman–Crippen MR) is 94.1 cm³/mol. The number of nitrogen functional groups attached to an aromatic ring is 1. The Morgan fingerprint density at radius 2 is 2.08 bits per heavy atom. The summed E-state index contributed by atoms with van der Waals surface area (Å²) in [5.74, 6) is 0.937. The number of rotatable bonds is 4. The minimum absolute atomic E-state index is 0.223. The number of anilines is 1. The third kappa shape index (κ3) is 2.91. The fraction of sp³-hybridized carbons (Fsp3) is 0.133. The molecule has 0 spiro atoms. The van der Waals surface area contributed by atoms with Crippen molar-refractivity contribution >= 4 is 32.8 Å². The Morgan fingerprint density at radius 3 is 2.84 bits per heavy atom. The van der Waals surface area contributed by atoms with Gasteiger partial charge in [-0.1, -0.05) is 27.1 Å². The van der Waals surface area contributed by atoms with Gasteiger partial charge >= 0.3 is 6.01 Å². The van der Waals surface area contributed by atoms with Gasteiger partial charge in [0, 0.05) is 11.5 Å². The molecular formula is C15H13BrN8O. The van der Waals surface area contributed by atoms with E-state index in [2.05, 4.69) is 41.4 Å². The molecule has 25 heavy (non-hydrogen) atoms. The van der Waals surface area contributed by atoms with Crippen molar-refractivity contribution in [1.82, 2.24) is 34.7 Å². The summed E-state index contributed by atoms with van der Waals surface area (Å²) in [4.78, 5) is 8.77. The molecule has 0 saturated heterocycles. The minimum atomic E-state index is 0.223. The maximum atomic E-state index is 5.89. The summed E-state index contributed by atoms with van der Waals surface area (Å²) >= 11 is 3.48. The number of tetrazole rings is 1. The van der Waals surface area contributed by atoms with Gasteiger partial charge in [0.05, 0.1) is 16.7 Å². The largest absolute Gasteiger partial charge is 0.458 e. The molecule has 3 aromatic heterocycles. The van der Waals surface area contributed by atoms with Crippen LogP contribution in [0.3, 0.4) is 0 Å². The van der Waals surface area contributed by atoms with Crippen LogP contribution in [0.1, 0.15) is 5.69 Å². The summed E-state index contributed by atoms with van der Waals surface area (Å²) < 4.78 is 10.1. The molecule has 9 nitrogen and oxygen atoms in total. The standard InChI is InChI=1S/C15H13BrN8O/c1-23-14(20-21-22-23)24-12-7-9(16)5-6-11(12)19-15(24)25-8-10-3-2-4-13(17)18-10/h2-7H,8H2,1H3,(H2,17,18). The summed E-state index contributed by atoms with van der Waals surface area (Å²) in [6.45, 7) is 0.223. The number of ether oxygens (including phenoxy) is 1. The van der Waals surface area contributed by atoms with E-state index in [4.69, 9.17) is 10.5 Å². The van der Waals surface area contributed by atoms with Gasteiger partial charge in [0.1, 0.15) is 12.4 Å². The van der Waals surface area contributed by atoms with E-state index >= 15 is 0 Å². The number of nitrogens with two attached hydrogens (primary N) is 1. The van der Waals surface area contributed by atoms with Gasteiger partial charge in [-0.25, -0.2) is 14.2 Å². The smallest absolute Gasteiger partial charge is 0.305 e. The van der Waals surface area contributed by atoms with E-state index in [0.717, 1.165) is 15.5 Å². The van der Waals surface area contributed by atoms with E-state index < -0.39 is 0 Å². The SMILES string of the molecule is Cn1nnnc1-n1c(OCc2cccc(N)n2)nc2ccc(Br)cc21. The van der Waals surface area contributed by atoms with Crippen LogP contribution in [-0.2, 0) is 13.7 Å². The normalized spacial score (nSPS) is 11.1. The highest BCUT2D eigenvalue weighted by Gasteiger charge is 2.18. The lowest BCUT2D eigenvalue weighted by atomic mass is 10.3. The fourth-order valence-corrected chi connectivity index (χ4v) is 2.80. The Balaban J connectivity index is 1.79.